The second-order valence-corrected chi connectivity index (χ2v) is 15.5. The van der Waals surface area contributed by atoms with Crippen molar-refractivity contribution >= 4 is 33.2 Å². The number of fused-ring (bicyclic) bond motifs is 4. The van der Waals surface area contributed by atoms with Gasteiger partial charge in [0.05, 0.1) is 30.3 Å². The molecule has 2 heterocycles. The third kappa shape index (κ3) is 6.00. The standard InChI is InChI=1S/C34H43ClN2O6S/c1-22-26(19-41-2)6-4-8-31(42-3)28-12-9-25(28)18-37-20-34(15-5-7-23-16-27(35)11-13-29(23)34)21-43-32-14-10-24(17-30(32)37)33(38)36-44(22,39)40/h4,8,10-11,13-14,16-17,22,25-26,28,31H,5-7,9,12,15,18-21H2,1-3H3,(H,36,38)/b8-4-/t22-,25+,26-,28-,31+,34+/m1/s1. The monoisotopic (exact) mass is 642 g/mol. The summed E-state index contributed by atoms with van der Waals surface area (Å²) in [6.07, 6.45) is 9.69. The number of halogens is 1. The molecule has 2 aromatic rings. The van der Waals surface area contributed by atoms with Crippen LogP contribution in [0, 0.1) is 17.8 Å². The summed E-state index contributed by atoms with van der Waals surface area (Å²) in [5.41, 5.74) is 3.41. The molecule has 6 rings (SSSR count). The summed E-state index contributed by atoms with van der Waals surface area (Å²) in [4.78, 5) is 15.9. The van der Waals surface area contributed by atoms with Crippen LogP contribution in [0.3, 0.4) is 0 Å². The number of hydrogen-bond acceptors (Lipinski definition) is 7. The van der Waals surface area contributed by atoms with Gasteiger partial charge in [-0.15, -0.1) is 0 Å². The number of sulfonamides is 1. The SMILES string of the molecule is COC[C@H]1C/C=C\[C@H](OC)[C@@H]2CC[C@H]2CN2C[C@@]3(CCCc4cc(Cl)ccc43)COc3ccc(cc32)C(=O)NS(=O)(=O)[C@@H]1C. The van der Waals surface area contributed by atoms with Crippen LogP contribution in [-0.4, -0.2) is 66.2 Å². The van der Waals surface area contributed by atoms with Crippen molar-refractivity contribution in [3.63, 3.8) is 0 Å². The first-order chi connectivity index (χ1) is 21.1. The van der Waals surface area contributed by atoms with Gasteiger partial charge in [0.1, 0.15) is 5.75 Å². The van der Waals surface area contributed by atoms with E-state index in [0.717, 1.165) is 55.9 Å². The number of carbonyl (C=O) groups excluding carboxylic acids is 1. The maximum atomic E-state index is 13.5. The fourth-order valence-corrected chi connectivity index (χ4v) is 9.17. The molecule has 2 bridgehead atoms. The Hall–Kier alpha value is -2.59. The molecule has 2 aromatic carbocycles. The summed E-state index contributed by atoms with van der Waals surface area (Å²) in [6.45, 7) is 3.91. The number of rotatable bonds is 3. The molecular formula is C34H43ClN2O6S. The van der Waals surface area contributed by atoms with E-state index in [0.29, 0.717) is 30.6 Å². The zero-order valence-corrected chi connectivity index (χ0v) is 27.3. The molecule has 6 atom stereocenters. The van der Waals surface area contributed by atoms with Crippen molar-refractivity contribution in [3.05, 3.63) is 70.3 Å². The maximum absolute atomic E-state index is 13.5. The average molecular weight is 643 g/mol. The Morgan fingerprint density at radius 1 is 1.16 bits per heavy atom. The van der Waals surface area contributed by atoms with Gasteiger partial charge in [0, 0.05) is 49.2 Å². The van der Waals surface area contributed by atoms with E-state index < -0.39 is 21.2 Å². The number of anilines is 1. The van der Waals surface area contributed by atoms with E-state index in [-0.39, 0.29) is 29.6 Å². The molecule has 10 heteroatoms. The van der Waals surface area contributed by atoms with Gasteiger partial charge >= 0.3 is 0 Å². The Morgan fingerprint density at radius 3 is 2.75 bits per heavy atom. The molecule has 238 valence electrons. The predicted octanol–water partition coefficient (Wildman–Crippen LogP) is 5.52. The van der Waals surface area contributed by atoms with Gasteiger partial charge in [0.2, 0.25) is 10.0 Å². The van der Waals surface area contributed by atoms with Crippen molar-refractivity contribution in [3.8, 4) is 5.75 Å². The molecule has 2 aliphatic heterocycles. The molecule has 1 spiro atoms. The van der Waals surface area contributed by atoms with Crippen LogP contribution < -0.4 is 14.4 Å². The van der Waals surface area contributed by atoms with Crippen LogP contribution in [-0.2, 0) is 31.3 Å². The van der Waals surface area contributed by atoms with Gasteiger partial charge < -0.3 is 19.1 Å². The van der Waals surface area contributed by atoms with Gasteiger partial charge in [-0.2, -0.15) is 0 Å². The van der Waals surface area contributed by atoms with Gasteiger partial charge in [-0.1, -0.05) is 29.8 Å². The van der Waals surface area contributed by atoms with Crippen LogP contribution in [0.15, 0.2) is 48.6 Å². The van der Waals surface area contributed by atoms with E-state index in [1.54, 1.807) is 33.3 Å². The Kier molecular flexibility index (Phi) is 9.03. The highest BCUT2D eigenvalue weighted by Crippen LogP contribution is 2.47. The Morgan fingerprint density at radius 2 is 2.00 bits per heavy atom. The van der Waals surface area contributed by atoms with Crippen LogP contribution in [0.2, 0.25) is 5.02 Å². The smallest absolute Gasteiger partial charge is 0.264 e. The zero-order valence-electron chi connectivity index (χ0n) is 25.8. The molecule has 0 unspecified atom stereocenters. The van der Waals surface area contributed by atoms with Crippen molar-refractivity contribution < 1.29 is 27.4 Å². The Labute approximate surface area is 266 Å². The second-order valence-electron chi connectivity index (χ2n) is 13.0. The number of hydrogen-bond donors (Lipinski definition) is 1. The molecule has 1 amide bonds. The molecule has 44 heavy (non-hydrogen) atoms. The summed E-state index contributed by atoms with van der Waals surface area (Å²) in [5, 5.41) is -0.102. The first-order valence-corrected chi connectivity index (χ1v) is 17.6. The fraction of sp³-hybridized carbons (Fsp3) is 0.559. The summed E-state index contributed by atoms with van der Waals surface area (Å²) in [7, 11) is -0.677. The first-order valence-electron chi connectivity index (χ1n) is 15.7. The van der Waals surface area contributed by atoms with Gasteiger partial charge in [0.15, 0.2) is 0 Å². The van der Waals surface area contributed by atoms with Gasteiger partial charge in [-0.05, 0) is 98.7 Å². The predicted molar refractivity (Wildman–Crippen MR) is 172 cm³/mol. The van der Waals surface area contributed by atoms with E-state index in [2.05, 4.69) is 27.8 Å². The van der Waals surface area contributed by atoms with E-state index in [1.165, 1.54) is 11.1 Å². The molecule has 8 nitrogen and oxygen atoms in total. The van der Waals surface area contributed by atoms with Gasteiger partial charge in [-0.3, -0.25) is 4.79 Å². The molecule has 0 aromatic heterocycles. The summed E-state index contributed by atoms with van der Waals surface area (Å²) in [5.74, 6) is 0.454. The lowest BCUT2D eigenvalue weighted by Crippen LogP contribution is -2.49. The Bertz CT molecular complexity index is 1530. The molecular weight excluding hydrogens is 600 g/mol. The lowest BCUT2D eigenvalue weighted by molar-refractivity contribution is 0.0131. The number of aryl methyl sites for hydroxylation is 1. The lowest BCUT2D eigenvalue weighted by atomic mass is 9.68. The number of allylic oxidation sites excluding steroid dienone is 1. The number of nitrogens with one attached hydrogen (secondary N) is 1. The van der Waals surface area contributed by atoms with Crippen molar-refractivity contribution in [1.29, 1.82) is 0 Å². The zero-order chi connectivity index (χ0) is 31.1. The first kappa shape index (κ1) is 31.4. The van der Waals surface area contributed by atoms with E-state index >= 15 is 0 Å². The second kappa shape index (κ2) is 12.7. The number of nitrogens with zero attached hydrogens (tertiary/aromatic N) is 1. The molecule has 0 saturated heterocycles. The number of carbonyl (C=O) groups is 1. The number of methoxy groups -OCH3 is 2. The Balaban J connectivity index is 1.42. The van der Waals surface area contributed by atoms with E-state index in [1.807, 2.05) is 18.2 Å². The summed E-state index contributed by atoms with van der Waals surface area (Å²) in [6, 6.07) is 11.5. The van der Waals surface area contributed by atoms with E-state index in [9.17, 15) is 13.2 Å². The molecule has 1 fully saturated rings. The van der Waals surface area contributed by atoms with Crippen molar-refractivity contribution in [1.82, 2.24) is 4.72 Å². The van der Waals surface area contributed by atoms with Gasteiger partial charge in [0.25, 0.3) is 5.91 Å². The van der Waals surface area contributed by atoms with Crippen molar-refractivity contribution in [2.75, 3.05) is 45.4 Å². The number of benzene rings is 2. The quantitative estimate of drug-likeness (QED) is 0.441. The molecule has 4 aliphatic rings. The molecule has 1 saturated carbocycles. The molecule has 0 radical (unpaired) electrons. The highest BCUT2D eigenvalue weighted by atomic mass is 35.5. The minimum absolute atomic E-state index is 0.0722. The van der Waals surface area contributed by atoms with Crippen LogP contribution in [0.5, 0.6) is 5.75 Å². The van der Waals surface area contributed by atoms with E-state index in [4.69, 9.17) is 25.8 Å². The molecule has 2 aliphatic carbocycles. The number of amides is 1. The number of ether oxygens (including phenoxy) is 3. The van der Waals surface area contributed by atoms with Crippen LogP contribution in [0.1, 0.15) is 60.5 Å². The topological polar surface area (TPSA) is 94.2 Å². The van der Waals surface area contributed by atoms with Crippen LogP contribution in [0.25, 0.3) is 0 Å². The largest absolute Gasteiger partial charge is 0.490 e. The van der Waals surface area contributed by atoms with Crippen molar-refractivity contribution in [2.24, 2.45) is 17.8 Å². The highest BCUT2D eigenvalue weighted by Gasteiger charge is 2.44. The third-order valence-corrected chi connectivity index (χ3v) is 12.5. The fourth-order valence-electron chi connectivity index (χ4n) is 7.72. The third-order valence-electron chi connectivity index (χ3n) is 10.5. The highest BCUT2D eigenvalue weighted by molar-refractivity contribution is 7.90. The molecule has 1 N–H and O–H groups in total. The minimum atomic E-state index is -3.99. The summed E-state index contributed by atoms with van der Waals surface area (Å²) >= 11 is 6.41. The minimum Gasteiger partial charge on any atom is -0.490 e. The lowest BCUT2D eigenvalue weighted by Gasteiger charge is -2.46. The van der Waals surface area contributed by atoms with Crippen LogP contribution in [0.4, 0.5) is 5.69 Å². The normalized spacial score (nSPS) is 32.3. The van der Waals surface area contributed by atoms with Gasteiger partial charge in [-0.25, -0.2) is 13.1 Å². The maximum Gasteiger partial charge on any atom is 0.264 e. The van der Waals surface area contributed by atoms with Crippen molar-refractivity contribution in [2.45, 2.75) is 62.2 Å². The average Bonchev–Trinajstić information content (AvgIpc) is 3.14. The van der Waals surface area contributed by atoms with Crippen LogP contribution >= 0.6 is 11.6 Å². The summed E-state index contributed by atoms with van der Waals surface area (Å²) < 4.78 is 47.2.